The van der Waals surface area contributed by atoms with E-state index in [4.69, 9.17) is 0 Å². The van der Waals surface area contributed by atoms with Gasteiger partial charge >= 0.3 is 0 Å². The van der Waals surface area contributed by atoms with Gasteiger partial charge in [-0.05, 0) is 138 Å². The standard InChI is InChI=1S/C62H44N4/c1-63-53-25-11-15-29-57(53)65(58-30-16-12-26-54(58)63)43-34-36-50-51(39-43)61(42-21-7-4-8-22-42)49-35-33-44(66-59-31-17-13-27-55(59)64(2)56-28-14-18-32-60(56)66)40-52(49)62(50)48-38-37-45(41-19-5-3-6-20-41)46-23-9-10-24-47(46)48/h3-40H,1-2H3. The number of rotatable bonds is 5. The number of hydrogen-bond acceptors (Lipinski definition) is 4. The molecule has 0 atom stereocenters. The Morgan fingerprint density at radius 1 is 0.242 bits per heavy atom. The lowest BCUT2D eigenvalue weighted by Crippen LogP contribution is -2.24. The first-order valence-corrected chi connectivity index (χ1v) is 22.7. The van der Waals surface area contributed by atoms with Gasteiger partial charge in [0.25, 0.3) is 0 Å². The van der Waals surface area contributed by atoms with Crippen LogP contribution in [0.1, 0.15) is 0 Å². The molecule has 312 valence electrons. The molecule has 11 aromatic rings. The normalized spacial score (nSPS) is 12.9. The van der Waals surface area contributed by atoms with Gasteiger partial charge in [-0.15, -0.1) is 0 Å². The Morgan fingerprint density at radius 2 is 0.591 bits per heavy atom. The Labute approximate surface area is 385 Å². The summed E-state index contributed by atoms with van der Waals surface area (Å²) in [5.74, 6) is 0. The van der Waals surface area contributed by atoms with Crippen molar-refractivity contribution in [3.05, 3.63) is 231 Å². The van der Waals surface area contributed by atoms with Gasteiger partial charge < -0.3 is 19.6 Å². The van der Waals surface area contributed by atoms with Gasteiger partial charge in [0, 0.05) is 25.5 Å². The van der Waals surface area contributed by atoms with Crippen LogP contribution in [0.25, 0.3) is 65.7 Å². The summed E-state index contributed by atoms with van der Waals surface area (Å²) < 4.78 is 0. The molecule has 4 nitrogen and oxygen atoms in total. The molecular weight excluding hydrogens is 801 g/mol. The van der Waals surface area contributed by atoms with E-state index in [9.17, 15) is 0 Å². The number of anilines is 10. The second kappa shape index (κ2) is 15.0. The largest absolute Gasteiger partial charge is 0.341 e. The minimum Gasteiger partial charge on any atom is -0.341 e. The Kier molecular flexibility index (Phi) is 8.62. The smallest absolute Gasteiger partial charge is 0.0699 e. The molecule has 2 aliphatic heterocycles. The molecule has 13 rings (SSSR count). The molecule has 2 aliphatic rings. The van der Waals surface area contributed by atoms with Gasteiger partial charge in [-0.3, -0.25) is 0 Å². The van der Waals surface area contributed by atoms with Crippen LogP contribution >= 0.6 is 0 Å². The maximum absolute atomic E-state index is 2.45. The fourth-order valence-electron chi connectivity index (χ4n) is 10.9. The van der Waals surface area contributed by atoms with Crippen LogP contribution in [0.15, 0.2) is 231 Å². The van der Waals surface area contributed by atoms with Crippen molar-refractivity contribution in [2.45, 2.75) is 0 Å². The minimum atomic E-state index is 1.11. The van der Waals surface area contributed by atoms with E-state index in [1.54, 1.807) is 0 Å². The quantitative estimate of drug-likeness (QED) is 0.160. The molecule has 4 heteroatoms. The van der Waals surface area contributed by atoms with E-state index >= 15 is 0 Å². The molecule has 0 saturated carbocycles. The van der Waals surface area contributed by atoms with Crippen LogP contribution in [0.3, 0.4) is 0 Å². The third-order valence-electron chi connectivity index (χ3n) is 13.9. The maximum Gasteiger partial charge on any atom is 0.0699 e. The van der Waals surface area contributed by atoms with Gasteiger partial charge in [0.1, 0.15) is 0 Å². The first kappa shape index (κ1) is 37.9. The average molecular weight is 845 g/mol. The van der Waals surface area contributed by atoms with Crippen LogP contribution < -0.4 is 19.6 Å². The van der Waals surface area contributed by atoms with Crippen molar-refractivity contribution in [1.29, 1.82) is 0 Å². The third-order valence-corrected chi connectivity index (χ3v) is 13.9. The molecule has 0 unspecified atom stereocenters. The SMILES string of the molecule is CN1c2ccccc2N(c2ccc3c(-c4ccc(-c5ccccc5)c5ccccc45)c4cc(N5c6ccccc6N(C)c6ccccc65)ccc4c(-c4ccccc4)c3c2)c2ccccc21. The third kappa shape index (κ3) is 5.71. The molecule has 11 aromatic carbocycles. The molecule has 0 amide bonds. The maximum atomic E-state index is 2.45. The molecule has 0 saturated heterocycles. The summed E-state index contributed by atoms with van der Waals surface area (Å²) >= 11 is 0. The monoisotopic (exact) mass is 844 g/mol. The number of nitrogens with zero attached hydrogens (tertiary/aromatic N) is 4. The summed E-state index contributed by atoms with van der Waals surface area (Å²) in [5, 5.41) is 7.27. The van der Waals surface area contributed by atoms with Crippen molar-refractivity contribution in [2.24, 2.45) is 0 Å². The van der Waals surface area contributed by atoms with Crippen LogP contribution in [0, 0.1) is 0 Å². The van der Waals surface area contributed by atoms with Gasteiger partial charge in [0.2, 0.25) is 0 Å². The van der Waals surface area contributed by atoms with Crippen molar-refractivity contribution >= 4 is 89.2 Å². The first-order chi connectivity index (χ1) is 32.6. The van der Waals surface area contributed by atoms with Crippen LogP contribution in [0.5, 0.6) is 0 Å². The molecule has 0 aliphatic carbocycles. The van der Waals surface area contributed by atoms with Crippen molar-refractivity contribution in [1.82, 2.24) is 0 Å². The first-order valence-electron chi connectivity index (χ1n) is 22.7. The highest BCUT2D eigenvalue weighted by molar-refractivity contribution is 6.25. The van der Waals surface area contributed by atoms with E-state index in [0.717, 1.165) is 34.1 Å². The molecular formula is C62H44N4. The van der Waals surface area contributed by atoms with E-state index in [2.05, 4.69) is 264 Å². The summed E-state index contributed by atoms with van der Waals surface area (Å²) in [6, 6.07) is 84.8. The van der Waals surface area contributed by atoms with Gasteiger partial charge in [0.05, 0.1) is 45.5 Å². The highest BCUT2D eigenvalue weighted by Gasteiger charge is 2.30. The second-order valence-corrected chi connectivity index (χ2v) is 17.4. The van der Waals surface area contributed by atoms with E-state index in [1.165, 1.54) is 88.4 Å². The van der Waals surface area contributed by atoms with Gasteiger partial charge in [-0.2, -0.15) is 0 Å². The van der Waals surface area contributed by atoms with Crippen LogP contribution in [0.4, 0.5) is 56.9 Å². The molecule has 0 aromatic heterocycles. The zero-order valence-electron chi connectivity index (χ0n) is 36.7. The Balaban J connectivity index is 1.15. The second-order valence-electron chi connectivity index (χ2n) is 17.4. The highest BCUT2D eigenvalue weighted by Crippen LogP contribution is 2.55. The highest BCUT2D eigenvalue weighted by atomic mass is 15.3. The number of hydrogen-bond donors (Lipinski definition) is 0. The van der Waals surface area contributed by atoms with Crippen molar-refractivity contribution in [2.75, 3.05) is 33.7 Å². The van der Waals surface area contributed by atoms with E-state index in [0.29, 0.717) is 0 Å². The van der Waals surface area contributed by atoms with E-state index < -0.39 is 0 Å². The summed E-state index contributed by atoms with van der Waals surface area (Å²) in [4.78, 5) is 9.51. The zero-order valence-corrected chi connectivity index (χ0v) is 36.7. The number of fused-ring (bicyclic) bond motifs is 7. The number of benzene rings is 11. The van der Waals surface area contributed by atoms with Crippen LogP contribution in [-0.4, -0.2) is 14.1 Å². The minimum absolute atomic E-state index is 1.11. The van der Waals surface area contributed by atoms with Gasteiger partial charge in [-0.25, -0.2) is 0 Å². The summed E-state index contributed by atoms with van der Waals surface area (Å²) in [6.07, 6.45) is 0. The Bertz CT molecular complexity index is 3610. The molecule has 66 heavy (non-hydrogen) atoms. The van der Waals surface area contributed by atoms with Crippen molar-refractivity contribution in [3.8, 4) is 33.4 Å². The fraction of sp³-hybridized carbons (Fsp3) is 0.0323. The lowest BCUT2D eigenvalue weighted by atomic mass is 9.83. The molecule has 0 fully saturated rings. The molecule has 2 heterocycles. The zero-order chi connectivity index (χ0) is 43.9. The van der Waals surface area contributed by atoms with Crippen molar-refractivity contribution in [3.63, 3.8) is 0 Å². The summed E-state index contributed by atoms with van der Waals surface area (Å²) in [5.41, 5.74) is 18.8. The molecule has 0 spiro atoms. The molecule has 0 radical (unpaired) electrons. The Hall–Kier alpha value is -8.60. The van der Waals surface area contributed by atoms with E-state index in [1.807, 2.05) is 0 Å². The van der Waals surface area contributed by atoms with Gasteiger partial charge in [0.15, 0.2) is 0 Å². The van der Waals surface area contributed by atoms with E-state index in [-0.39, 0.29) is 0 Å². The topological polar surface area (TPSA) is 13.0 Å². The fourth-order valence-corrected chi connectivity index (χ4v) is 10.9. The lowest BCUT2D eigenvalue weighted by molar-refractivity contribution is 1.13. The van der Waals surface area contributed by atoms with Crippen molar-refractivity contribution < 1.29 is 0 Å². The lowest BCUT2D eigenvalue weighted by Gasteiger charge is -2.39. The predicted molar refractivity (Wildman–Crippen MR) is 281 cm³/mol. The van der Waals surface area contributed by atoms with Crippen LogP contribution in [0.2, 0.25) is 0 Å². The summed E-state index contributed by atoms with van der Waals surface area (Å²) in [6.45, 7) is 0. The average Bonchev–Trinajstić information content (AvgIpc) is 3.38. The molecule has 0 bridgehead atoms. The molecule has 0 N–H and O–H groups in total. The van der Waals surface area contributed by atoms with Gasteiger partial charge in [-0.1, -0.05) is 158 Å². The number of para-hydroxylation sites is 8. The Morgan fingerprint density at radius 3 is 1.06 bits per heavy atom. The van der Waals surface area contributed by atoms with Crippen LogP contribution in [-0.2, 0) is 0 Å². The summed E-state index contributed by atoms with van der Waals surface area (Å²) in [7, 11) is 4.34. The predicted octanol–water partition coefficient (Wildman–Crippen LogP) is 17.2.